The molecule has 2 aromatic heterocycles. The molecule has 8 heteroatoms. The van der Waals surface area contributed by atoms with E-state index in [1.165, 1.54) is 0 Å². The molecule has 0 bridgehead atoms. The van der Waals surface area contributed by atoms with E-state index in [2.05, 4.69) is 20.1 Å². The van der Waals surface area contributed by atoms with Gasteiger partial charge < -0.3 is 9.80 Å². The van der Waals surface area contributed by atoms with E-state index in [0.717, 1.165) is 50.2 Å². The fourth-order valence-electron chi connectivity index (χ4n) is 3.87. The molecule has 0 spiro atoms. The SMILES string of the molecule is CCc1[nH]ncc1C(=O)N1CCC(c2cc(=O)[nH]c(N3CCCC3)n2)C1. The summed E-state index contributed by atoms with van der Waals surface area (Å²) in [6.07, 6.45) is 5.42. The van der Waals surface area contributed by atoms with Crippen molar-refractivity contribution in [1.29, 1.82) is 0 Å². The Balaban J connectivity index is 1.52. The van der Waals surface area contributed by atoms with Gasteiger partial charge in [0.1, 0.15) is 0 Å². The van der Waals surface area contributed by atoms with Crippen molar-refractivity contribution in [2.45, 2.75) is 38.5 Å². The van der Waals surface area contributed by atoms with Gasteiger partial charge in [0.2, 0.25) is 5.95 Å². The molecule has 4 rings (SSSR count). The van der Waals surface area contributed by atoms with Crippen LogP contribution < -0.4 is 10.5 Å². The predicted molar refractivity (Wildman–Crippen MR) is 97.5 cm³/mol. The lowest BCUT2D eigenvalue weighted by atomic mass is 10.0. The van der Waals surface area contributed by atoms with E-state index >= 15 is 0 Å². The second-order valence-electron chi connectivity index (χ2n) is 7.04. The van der Waals surface area contributed by atoms with Gasteiger partial charge in [-0.25, -0.2) is 4.98 Å². The Morgan fingerprint density at radius 1 is 1.31 bits per heavy atom. The summed E-state index contributed by atoms with van der Waals surface area (Å²) in [6, 6.07) is 1.58. The van der Waals surface area contributed by atoms with Gasteiger partial charge in [0.25, 0.3) is 11.5 Å². The second kappa shape index (κ2) is 6.93. The highest BCUT2D eigenvalue weighted by Gasteiger charge is 2.31. The predicted octanol–water partition coefficient (Wildman–Crippen LogP) is 1.29. The van der Waals surface area contributed by atoms with Gasteiger partial charge in [-0.3, -0.25) is 19.7 Å². The van der Waals surface area contributed by atoms with Crippen LogP contribution in [0.2, 0.25) is 0 Å². The van der Waals surface area contributed by atoms with Crippen LogP contribution in [0.15, 0.2) is 17.1 Å². The number of carbonyl (C=O) groups is 1. The van der Waals surface area contributed by atoms with Crippen molar-refractivity contribution in [2.24, 2.45) is 0 Å². The van der Waals surface area contributed by atoms with Gasteiger partial charge in [0, 0.05) is 43.9 Å². The molecule has 0 aliphatic carbocycles. The Morgan fingerprint density at radius 2 is 2.12 bits per heavy atom. The zero-order valence-electron chi connectivity index (χ0n) is 15.0. The molecular formula is C18H24N6O2. The minimum absolute atomic E-state index is 0.00251. The van der Waals surface area contributed by atoms with E-state index in [-0.39, 0.29) is 17.4 Å². The Kier molecular flexibility index (Phi) is 4.48. The fraction of sp³-hybridized carbons (Fsp3) is 0.556. The number of hydrogen-bond acceptors (Lipinski definition) is 5. The zero-order valence-corrected chi connectivity index (χ0v) is 15.0. The molecule has 138 valence electrons. The van der Waals surface area contributed by atoms with E-state index in [9.17, 15) is 9.59 Å². The highest BCUT2D eigenvalue weighted by molar-refractivity contribution is 5.95. The zero-order chi connectivity index (χ0) is 18.1. The Hall–Kier alpha value is -2.64. The topological polar surface area (TPSA) is 98.0 Å². The van der Waals surface area contributed by atoms with Crippen LogP contribution in [0.4, 0.5) is 5.95 Å². The Morgan fingerprint density at radius 3 is 2.88 bits per heavy atom. The number of carbonyl (C=O) groups excluding carboxylic acids is 1. The summed E-state index contributed by atoms with van der Waals surface area (Å²) in [6.45, 7) is 5.12. The molecule has 1 unspecified atom stereocenters. The number of hydrogen-bond donors (Lipinski definition) is 2. The highest BCUT2D eigenvalue weighted by atomic mass is 16.2. The lowest BCUT2D eigenvalue weighted by Gasteiger charge is -2.18. The van der Waals surface area contributed by atoms with Crippen molar-refractivity contribution in [3.05, 3.63) is 39.6 Å². The maximum atomic E-state index is 12.8. The van der Waals surface area contributed by atoms with Crippen LogP contribution in [0, 0.1) is 0 Å². The number of aromatic amines is 2. The molecule has 0 aromatic carbocycles. The average molecular weight is 356 g/mol. The van der Waals surface area contributed by atoms with Crippen LogP contribution in [0.25, 0.3) is 0 Å². The van der Waals surface area contributed by atoms with Crippen LogP contribution in [0.5, 0.6) is 0 Å². The maximum absolute atomic E-state index is 12.8. The van der Waals surface area contributed by atoms with E-state index in [0.29, 0.717) is 24.6 Å². The molecule has 2 aliphatic heterocycles. The summed E-state index contributed by atoms with van der Waals surface area (Å²) >= 11 is 0. The third-order valence-electron chi connectivity index (χ3n) is 5.35. The van der Waals surface area contributed by atoms with Crippen molar-refractivity contribution in [1.82, 2.24) is 25.1 Å². The minimum atomic E-state index is -0.121. The van der Waals surface area contributed by atoms with Gasteiger partial charge in [-0.15, -0.1) is 0 Å². The monoisotopic (exact) mass is 356 g/mol. The minimum Gasteiger partial charge on any atom is -0.342 e. The Labute approximate surface area is 151 Å². The number of rotatable bonds is 4. The standard InChI is InChI=1S/C18H24N6O2/c1-2-14-13(10-19-22-14)17(26)24-8-5-12(11-24)15-9-16(25)21-18(20-15)23-6-3-4-7-23/h9-10,12H,2-8,11H2,1H3,(H,19,22)(H,20,21,25). The highest BCUT2D eigenvalue weighted by Crippen LogP contribution is 2.28. The first-order valence-electron chi connectivity index (χ1n) is 9.33. The van der Waals surface area contributed by atoms with Crippen molar-refractivity contribution in [3.63, 3.8) is 0 Å². The summed E-state index contributed by atoms with van der Waals surface area (Å²) in [5.41, 5.74) is 2.17. The smallest absolute Gasteiger partial charge is 0.257 e. The van der Waals surface area contributed by atoms with Crippen LogP contribution in [0.1, 0.15) is 53.8 Å². The van der Waals surface area contributed by atoms with E-state index in [4.69, 9.17) is 4.98 Å². The van der Waals surface area contributed by atoms with E-state index < -0.39 is 0 Å². The number of nitrogens with one attached hydrogen (secondary N) is 2. The lowest BCUT2D eigenvalue weighted by molar-refractivity contribution is 0.0789. The fourth-order valence-corrected chi connectivity index (χ4v) is 3.87. The molecule has 2 fully saturated rings. The molecule has 0 radical (unpaired) electrons. The normalized spacial score (nSPS) is 20.1. The van der Waals surface area contributed by atoms with Gasteiger partial charge in [-0.1, -0.05) is 6.92 Å². The molecule has 26 heavy (non-hydrogen) atoms. The average Bonchev–Trinajstić information content (AvgIpc) is 3.41. The molecule has 0 saturated carbocycles. The molecule has 2 N–H and O–H groups in total. The molecule has 1 amide bonds. The lowest BCUT2D eigenvalue weighted by Crippen LogP contribution is -2.29. The number of nitrogens with zero attached hydrogens (tertiary/aromatic N) is 4. The number of aryl methyl sites for hydroxylation is 1. The first-order valence-corrected chi connectivity index (χ1v) is 9.33. The number of likely N-dealkylation sites (tertiary alicyclic amines) is 1. The van der Waals surface area contributed by atoms with Crippen molar-refractivity contribution in [2.75, 3.05) is 31.1 Å². The van der Waals surface area contributed by atoms with Crippen molar-refractivity contribution < 1.29 is 4.79 Å². The quantitative estimate of drug-likeness (QED) is 0.860. The number of H-pyrrole nitrogens is 2. The molecule has 1 atom stereocenters. The number of anilines is 1. The number of amides is 1. The molecule has 2 aliphatic rings. The van der Waals surface area contributed by atoms with Crippen molar-refractivity contribution >= 4 is 11.9 Å². The summed E-state index contributed by atoms with van der Waals surface area (Å²) in [7, 11) is 0. The van der Waals surface area contributed by atoms with Crippen LogP contribution in [-0.4, -0.2) is 57.2 Å². The molecule has 8 nitrogen and oxygen atoms in total. The van der Waals surface area contributed by atoms with Gasteiger partial charge in [0.15, 0.2) is 0 Å². The first-order chi connectivity index (χ1) is 12.7. The summed E-state index contributed by atoms with van der Waals surface area (Å²) in [5.74, 6) is 0.764. The van der Waals surface area contributed by atoms with Crippen LogP contribution in [-0.2, 0) is 6.42 Å². The Bertz CT molecular complexity index is 851. The second-order valence-corrected chi connectivity index (χ2v) is 7.04. The van der Waals surface area contributed by atoms with Crippen molar-refractivity contribution in [3.8, 4) is 0 Å². The maximum Gasteiger partial charge on any atom is 0.257 e. The first kappa shape index (κ1) is 16.8. The van der Waals surface area contributed by atoms with Gasteiger partial charge >= 0.3 is 0 Å². The van der Waals surface area contributed by atoms with Gasteiger partial charge in [-0.05, 0) is 25.7 Å². The summed E-state index contributed by atoms with van der Waals surface area (Å²) < 4.78 is 0. The summed E-state index contributed by atoms with van der Waals surface area (Å²) in [5, 5.41) is 6.88. The van der Waals surface area contributed by atoms with Crippen LogP contribution in [0.3, 0.4) is 0 Å². The van der Waals surface area contributed by atoms with Gasteiger partial charge in [-0.2, -0.15) is 5.10 Å². The van der Waals surface area contributed by atoms with Crippen LogP contribution >= 0.6 is 0 Å². The molecular weight excluding hydrogens is 332 g/mol. The third kappa shape index (κ3) is 3.11. The largest absolute Gasteiger partial charge is 0.342 e. The van der Waals surface area contributed by atoms with E-state index in [1.807, 2.05) is 11.8 Å². The molecule has 4 heterocycles. The van der Waals surface area contributed by atoms with E-state index in [1.54, 1.807) is 12.3 Å². The number of aromatic nitrogens is 4. The molecule has 2 aromatic rings. The summed E-state index contributed by atoms with van der Waals surface area (Å²) in [4.78, 5) is 36.4. The molecule has 2 saturated heterocycles. The van der Waals surface area contributed by atoms with Gasteiger partial charge in [0.05, 0.1) is 17.5 Å². The third-order valence-corrected chi connectivity index (χ3v) is 5.35.